The molecule has 0 aromatic heterocycles. The van der Waals surface area contributed by atoms with Crippen LogP contribution in [0.15, 0.2) is 24.3 Å². The summed E-state index contributed by atoms with van der Waals surface area (Å²) < 4.78 is 0.124. The van der Waals surface area contributed by atoms with E-state index in [4.69, 9.17) is 0 Å². The fourth-order valence-electron chi connectivity index (χ4n) is 3.13. The summed E-state index contributed by atoms with van der Waals surface area (Å²) in [6.45, 7) is 8.07. The number of hydrogen-bond acceptors (Lipinski definition) is 2. The van der Waals surface area contributed by atoms with Crippen LogP contribution in [0, 0.1) is 0 Å². The van der Waals surface area contributed by atoms with E-state index in [1.165, 1.54) is 11.3 Å². The molecular formula is C17H24BrNO. The molecule has 110 valence electrons. The van der Waals surface area contributed by atoms with Gasteiger partial charge < -0.3 is 4.90 Å². The molecule has 20 heavy (non-hydrogen) atoms. The zero-order valence-electron chi connectivity index (χ0n) is 12.7. The van der Waals surface area contributed by atoms with E-state index in [9.17, 15) is 4.79 Å². The van der Waals surface area contributed by atoms with Gasteiger partial charge in [-0.2, -0.15) is 0 Å². The van der Waals surface area contributed by atoms with E-state index < -0.39 is 0 Å². The van der Waals surface area contributed by atoms with Gasteiger partial charge in [0.05, 0.1) is 0 Å². The van der Waals surface area contributed by atoms with E-state index in [2.05, 4.69) is 65.9 Å². The van der Waals surface area contributed by atoms with Gasteiger partial charge in [0, 0.05) is 30.1 Å². The van der Waals surface area contributed by atoms with Crippen LogP contribution in [0.25, 0.3) is 0 Å². The molecular weight excluding hydrogens is 314 g/mol. The highest BCUT2D eigenvalue weighted by molar-refractivity contribution is 9.18. The smallest absolute Gasteiger partial charge is 0.197 e. The van der Waals surface area contributed by atoms with Gasteiger partial charge >= 0.3 is 0 Å². The van der Waals surface area contributed by atoms with Gasteiger partial charge in [-0.15, -0.1) is 0 Å². The van der Waals surface area contributed by atoms with Crippen LogP contribution in [0.1, 0.15) is 52.0 Å². The molecule has 2 rings (SSSR count). The van der Waals surface area contributed by atoms with Gasteiger partial charge in [0.2, 0.25) is 0 Å². The first-order chi connectivity index (χ1) is 9.44. The van der Waals surface area contributed by atoms with Crippen molar-refractivity contribution >= 4 is 26.3 Å². The van der Waals surface area contributed by atoms with Crippen LogP contribution >= 0.6 is 15.9 Å². The summed E-state index contributed by atoms with van der Waals surface area (Å²) >= 11 is 2.99. The number of unbranched alkanes of at least 4 members (excludes halogenated alkanes) is 2. The van der Waals surface area contributed by atoms with E-state index in [1.807, 2.05) is 0 Å². The summed E-state index contributed by atoms with van der Waals surface area (Å²) in [5.41, 5.74) is 3.06. The third-order valence-corrected chi connectivity index (χ3v) is 5.09. The molecule has 0 bridgehead atoms. The molecule has 1 heterocycles. The SMILES string of the molecule is CC1N(CCCCCC(=O)Br)c2ccccc2C1(C)C. The van der Waals surface area contributed by atoms with Crippen molar-refractivity contribution in [2.75, 3.05) is 11.4 Å². The average Bonchev–Trinajstić information content (AvgIpc) is 2.59. The van der Waals surface area contributed by atoms with Crippen LogP contribution in [-0.4, -0.2) is 17.3 Å². The fourth-order valence-corrected chi connectivity index (χ4v) is 3.41. The van der Waals surface area contributed by atoms with Crippen LogP contribution < -0.4 is 4.90 Å². The van der Waals surface area contributed by atoms with Crippen LogP contribution in [-0.2, 0) is 10.2 Å². The first kappa shape index (κ1) is 15.6. The van der Waals surface area contributed by atoms with Crippen molar-refractivity contribution in [2.24, 2.45) is 0 Å². The molecule has 0 radical (unpaired) electrons. The number of carbonyl (C=O) groups is 1. The molecule has 3 heteroatoms. The minimum absolute atomic E-state index is 0.124. The Hall–Kier alpha value is -0.830. The molecule has 0 amide bonds. The Kier molecular flexibility index (Phi) is 4.90. The Morgan fingerprint density at radius 3 is 2.65 bits per heavy atom. The molecule has 0 saturated heterocycles. The standard InChI is InChI=1S/C17H24BrNO/c1-13-17(2,3)14-9-6-7-10-15(14)19(13)12-8-4-5-11-16(18)20/h6-7,9-10,13H,4-5,8,11-12H2,1-3H3. The molecule has 1 unspecified atom stereocenters. The van der Waals surface area contributed by atoms with Crippen LogP contribution in [0.2, 0.25) is 0 Å². The lowest BCUT2D eigenvalue weighted by Gasteiger charge is -2.31. The molecule has 0 saturated carbocycles. The highest BCUT2D eigenvalue weighted by Crippen LogP contribution is 2.44. The van der Waals surface area contributed by atoms with Crippen LogP contribution in [0.3, 0.4) is 0 Å². The summed E-state index contributed by atoms with van der Waals surface area (Å²) in [7, 11) is 0. The summed E-state index contributed by atoms with van der Waals surface area (Å²) in [4.78, 5) is 13.4. The van der Waals surface area contributed by atoms with Gasteiger partial charge in [-0.1, -0.05) is 38.5 Å². The molecule has 1 aliphatic heterocycles. The van der Waals surface area contributed by atoms with Gasteiger partial charge in [0.1, 0.15) is 0 Å². The quantitative estimate of drug-likeness (QED) is 0.556. The van der Waals surface area contributed by atoms with Gasteiger partial charge in [0.25, 0.3) is 0 Å². The number of benzene rings is 1. The van der Waals surface area contributed by atoms with E-state index in [0.717, 1.165) is 25.8 Å². The summed E-state index contributed by atoms with van der Waals surface area (Å²) in [6.07, 6.45) is 3.90. The number of anilines is 1. The maximum Gasteiger partial charge on any atom is 0.197 e. The van der Waals surface area contributed by atoms with Crippen molar-refractivity contribution < 1.29 is 4.79 Å². The number of para-hydroxylation sites is 1. The summed E-state index contributed by atoms with van der Waals surface area (Å²) in [5.74, 6) is 0. The Balaban J connectivity index is 1.97. The maximum absolute atomic E-state index is 10.9. The summed E-state index contributed by atoms with van der Waals surface area (Å²) in [6, 6.07) is 9.29. The third-order valence-electron chi connectivity index (χ3n) is 4.69. The molecule has 1 aromatic carbocycles. The highest BCUT2D eigenvalue weighted by Gasteiger charge is 2.40. The normalized spacial score (nSPS) is 20.0. The van der Waals surface area contributed by atoms with Crippen molar-refractivity contribution in [1.29, 1.82) is 0 Å². The van der Waals surface area contributed by atoms with Crippen molar-refractivity contribution in [2.45, 2.75) is 57.9 Å². The Morgan fingerprint density at radius 2 is 1.95 bits per heavy atom. The first-order valence-electron chi connectivity index (χ1n) is 7.49. The lowest BCUT2D eigenvalue weighted by Crippen LogP contribution is -2.39. The predicted molar refractivity (Wildman–Crippen MR) is 88.7 cm³/mol. The molecule has 1 aliphatic rings. The van der Waals surface area contributed by atoms with E-state index >= 15 is 0 Å². The zero-order valence-corrected chi connectivity index (χ0v) is 14.2. The molecule has 0 fully saturated rings. The highest BCUT2D eigenvalue weighted by atomic mass is 79.9. The Bertz CT molecular complexity index is 484. The first-order valence-corrected chi connectivity index (χ1v) is 8.28. The Morgan fingerprint density at radius 1 is 1.25 bits per heavy atom. The fraction of sp³-hybridized carbons (Fsp3) is 0.588. The summed E-state index contributed by atoms with van der Waals surface area (Å²) in [5, 5.41) is 0. The lowest BCUT2D eigenvalue weighted by atomic mass is 9.81. The molecule has 0 aliphatic carbocycles. The molecule has 1 atom stereocenters. The largest absolute Gasteiger partial charge is 0.368 e. The van der Waals surface area contributed by atoms with E-state index in [0.29, 0.717) is 12.5 Å². The van der Waals surface area contributed by atoms with Crippen molar-refractivity contribution in [3.63, 3.8) is 0 Å². The predicted octanol–water partition coefficient (Wildman–Crippen LogP) is 4.65. The molecule has 0 N–H and O–H groups in total. The lowest BCUT2D eigenvalue weighted by molar-refractivity contribution is -0.110. The maximum atomic E-state index is 10.9. The second-order valence-corrected chi connectivity index (χ2v) is 7.16. The number of fused-ring (bicyclic) bond motifs is 1. The van der Waals surface area contributed by atoms with Crippen molar-refractivity contribution in [1.82, 2.24) is 0 Å². The molecule has 0 spiro atoms. The molecule has 2 nitrogen and oxygen atoms in total. The monoisotopic (exact) mass is 337 g/mol. The van der Waals surface area contributed by atoms with Crippen LogP contribution in [0.5, 0.6) is 0 Å². The van der Waals surface area contributed by atoms with Gasteiger partial charge in [-0.3, -0.25) is 4.79 Å². The number of hydrogen-bond donors (Lipinski definition) is 0. The van der Waals surface area contributed by atoms with Gasteiger partial charge in [-0.05, 0) is 47.3 Å². The minimum Gasteiger partial charge on any atom is -0.368 e. The minimum atomic E-state index is 0.124. The molecule has 1 aromatic rings. The van der Waals surface area contributed by atoms with Crippen molar-refractivity contribution in [3.05, 3.63) is 29.8 Å². The van der Waals surface area contributed by atoms with E-state index in [1.54, 1.807) is 0 Å². The zero-order chi connectivity index (χ0) is 14.8. The van der Waals surface area contributed by atoms with E-state index in [-0.39, 0.29) is 10.1 Å². The number of halogens is 1. The third kappa shape index (κ3) is 3.08. The van der Waals surface area contributed by atoms with Gasteiger partial charge in [-0.25, -0.2) is 0 Å². The number of nitrogens with zero attached hydrogens (tertiary/aromatic N) is 1. The Labute approximate surface area is 130 Å². The topological polar surface area (TPSA) is 20.3 Å². The number of rotatable bonds is 6. The average molecular weight is 338 g/mol. The van der Waals surface area contributed by atoms with Crippen LogP contribution in [0.4, 0.5) is 5.69 Å². The second-order valence-electron chi connectivity index (χ2n) is 6.27. The van der Waals surface area contributed by atoms with Gasteiger partial charge in [0.15, 0.2) is 4.69 Å². The number of carbonyl (C=O) groups excluding carboxylic acids is 1. The second kappa shape index (κ2) is 6.30. The van der Waals surface area contributed by atoms with Crippen molar-refractivity contribution in [3.8, 4) is 0 Å².